The highest BCUT2D eigenvalue weighted by molar-refractivity contribution is 9.11. The Balaban J connectivity index is 1.54. The number of hydrazone groups is 2. The average Bonchev–Trinajstić information content (AvgIpc) is 2.89. The Morgan fingerprint density at radius 1 is 0.737 bits per heavy atom. The third-order valence-corrected chi connectivity index (χ3v) is 6.61. The number of aromatic hydroxyl groups is 2. The molecule has 0 aliphatic carbocycles. The summed E-state index contributed by atoms with van der Waals surface area (Å²) in [7, 11) is 2.91. The van der Waals surface area contributed by atoms with Gasteiger partial charge in [0.1, 0.15) is 0 Å². The molecule has 0 unspecified atom stereocenters. The lowest BCUT2D eigenvalue weighted by molar-refractivity contribution is -0.122. The molecule has 2 rings (SSSR count). The Morgan fingerprint density at radius 2 is 1.11 bits per heavy atom. The predicted octanol–water partition coefficient (Wildman–Crippen LogP) is 5.36. The van der Waals surface area contributed by atoms with Crippen LogP contribution in [0.25, 0.3) is 0 Å². The molecule has 2 aromatic rings. The molecule has 0 saturated heterocycles. The maximum Gasteiger partial charge on any atom is 0.240 e. The molecular formula is C26H32Br2N4O6. The van der Waals surface area contributed by atoms with E-state index >= 15 is 0 Å². The van der Waals surface area contributed by atoms with Crippen molar-refractivity contribution in [2.75, 3.05) is 14.2 Å². The minimum Gasteiger partial charge on any atom is -0.503 e. The number of carbonyl (C=O) groups is 2. The molecule has 0 fully saturated rings. The summed E-state index contributed by atoms with van der Waals surface area (Å²) in [6, 6.07) is 6.56. The Kier molecular flexibility index (Phi) is 13.6. The number of halogens is 2. The number of ether oxygens (including phenoxy) is 2. The van der Waals surface area contributed by atoms with Gasteiger partial charge in [-0.15, -0.1) is 0 Å². The van der Waals surface area contributed by atoms with Crippen LogP contribution >= 0.6 is 31.9 Å². The number of phenolic OH excluding ortho intramolecular Hbond substituents is 2. The molecule has 2 amide bonds. The first-order valence-corrected chi connectivity index (χ1v) is 13.6. The molecule has 0 atom stereocenters. The number of phenols is 2. The highest BCUT2D eigenvalue weighted by atomic mass is 79.9. The maximum atomic E-state index is 12.0. The van der Waals surface area contributed by atoms with Gasteiger partial charge in [-0.1, -0.05) is 25.7 Å². The lowest BCUT2D eigenvalue weighted by Crippen LogP contribution is -2.17. The number of unbranched alkanes of at least 4 members (excludes halogenated alkanes) is 5. The van der Waals surface area contributed by atoms with Gasteiger partial charge in [-0.2, -0.15) is 10.2 Å². The van der Waals surface area contributed by atoms with Gasteiger partial charge in [0.25, 0.3) is 0 Å². The van der Waals surface area contributed by atoms with Crippen molar-refractivity contribution in [2.45, 2.75) is 51.4 Å². The average molecular weight is 656 g/mol. The SMILES string of the molecule is COc1cc(C=NNC(=O)CCCCCCCCC(=O)NN=Cc2cc(Br)c(O)c(OC)c2)cc(Br)c1O. The predicted molar refractivity (Wildman–Crippen MR) is 153 cm³/mol. The van der Waals surface area contributed by atoms with Gasteiger partial charge < -0.3 is 19.7 Å². The normalized spacial score (nSPS) is 11.2. The van der Waals surface area contributed by atoms with Gasteiger partial charge in [0, 0.05) is 12.8 Å². The number of rotatable bonds is 15. The molecule has 0 heterocycles. The molecular weight excluding hydrogens is 624 g/mol. The largest absolute Gasteiger partial charge is 0.503 e. The number of nitrogens with one attached hydrogen (secondary N) is 2. The van der Waals surface area contributed by atoms with E-state index in [2.05, 4.69) is 52.9 Å². The van der Waals surface area contributed by atoms with Crippen molar-refractivity contribution in [1.29, 1.82) is 0 Å². The summed E-state index contributed by atoms with van der Waals surface area (Å²) >= 11 is 6.48. The van der Waals surface area contributed by atoms with Gasteiger partial charge in [-0.25, -0.2) is 10.9 Å². The highest BCUT2D eigenvalue weighted by Crippen LogP contribution is 2.35. The fourth-order valence-electron chi connectivity index (χ4n) is 3.40. The van der Waals surface area contributed by atoms with Gasteiger partial charge in [-0.3, -0.25) is 9.59 Å². The summed E-state index contributed by atoms with van der Waals surface area (Å²) in [4.78, 5) is 23.9. The molecule has 0 aromatic heterocycles. The molecule has 0 aliphatic rings. The molecule has 0 radical (unpaired) electrons. The first kappa shape index (κ1) is 31.1. The zero-order valence-electron chi connectivity index (χ0n) is 21.3. The molecule has 0 aliphatic heterocycles. The molecule has 10 nitrogen and oxygen atoms in total. The van der Waals surface area contributed by atoms with Crippen molar-refractivity contribution in [2.24, 2.45) is 10.2 Å². The van der Waals surface area contributed by atoms with E-state index in [0.717, 1.165) is 38.5 Å². The first-order valence-electron chi connectivity index (χ1n) is 12.0. The Morgan fingerprint density at radius 3 is 1.47 bits per heavy atom. The van der Waals surface area contributed by atoms with Crippen LogP contribution in [0.2, 0.25) is 0 Å². The summed E-state index contributed by atoms with van der Waals surface area (Å²) in [5.74, 6) is 0.290. The molecule has 0 bridgehead atoms. The number of hydrogen-bond acceptors (Lipinski definition) is 8. The standard InChI is InChI=1S/C26H32Br2N4O6/c1-37-21-13-17(11-19(27)25(21)35)15-29-31-23(33)9-7-5-3-4-6-8-10-24(34)32-30-16-18-12-20(28)26(36)22(14-18)38-2/h11-16,35-36H,3-10H2,1-2H3,(H,31,33)(H,32,34). The van der Waals surface area contributed by atoms with Crippen LogP contribution in [0.5, 0.6) is 23.0 Å². The van der Waals surface area contributed by atoms with E-state index in [1.54, 1.807) is 24.3 Å². The Labute approximate surface area is 238 Å². The molecule has 38 heavy (non-hydrogen) atoms. The second-order valence-electron chi connectivity index (χ2n) is 8.31. The molecule has 12 heteroatoms. The van der Waals surface area contributed by atoms with Gasteiger partial charge in [-0.05, 0) is 80.1 Å². The van der Waals surface area contributed by atoms with Crippen molar-refractivity contribution in [3.05, 3.63) is 44.3 Å². The number of carbonyl (C=O) groups excluding carboxylic acids is 2. The fourth-order valence-corrected chi connectivity index (χ4v) is 4.31. The van der Waals surface area contributed by atoms with E-state index in [9.17, 15) is 19.8 Å². The summed E-state index contributed by atoms with van der Waals surface area (Å²) in [5.41, 5.74) is 6.33. The van der Waals surface area contributed by atoms with Crippen LogP contribution < -0.4 is 20.3 Å². The van der Waals surface area contributed by atoms with Gasteiger partial charge >= 0.3 is 0 Å². The number of amides is 2. The van der Waals surface area contributed by atoms with E-state index in [-0.39, 0.29) is 23.3 Å². The van der Waals surface area contributed by atoms with E-state index in [4.69, 9.17) is 9.47 Å². The molecule has 0 saturated carbocycles. The van der Waals surface area contributed by atoms with Crippen molar-refractivity contribution in [3.8, 4) is 23.0 Å². The molecule has 0 spiro atoms. The number of nitrogens with zero attached hydrogens (tertiary/aromatic N) is 2. The van der Waals surface area contributed by atoms with Crippen LogP contribution in [0.4, 0.5) is 0 Å². The van der Waals surface area contributed by atoms with E-state index < -0.39 is 0 Å². The highest BCUT2D eigenvalue weighted by Gasteiger charge is 2.09. The topological polar surface area (TPSA) is 142 Å². The molecule has 4 N–H and O–H groups in total. The van der Waals surface area contributed by atoms with Gasteiger partial charge in [0.15, 0.2) is 23.0 Å². The molecule has 206 valence electrons. The maximum absolute atomic E-state index is 12.0. The van der Waals surface area contributed by atoms with E-state index in [1.807, 2.05) is 0 Å². The van der Waals surface area contributed by atoms with Crippen LogP contribution in [0.1, 0.15) is 62.5 Å². The summed E-state index contributed by atoms with van der Waals surface area (Å²) in [6.07, 6.45) is 9.03. The number of benzene rings is 2. The second kappa shape index (κ2) is 16.7. The quantitative estimate of drug-likeness (QED) is 0.116. The van der Waals surface area contributed by atoms with Crippen molar-refractivity contribution in [3.63, 3.8) is 0 Å². The Bertz CT molecular complexity index is 1070. The third-order valence-electron chi connectivity index (χ3n) is 5.40. The molecule has 2 aromatic carbocycles. The first-order chi connectivity index (χ1) is 18.2. The van der Waals surface area contributed by atoms with Crippen LogP contribution in [-0.4, -0.2) is 48.7 Å². The van der Waals surface area contributed by atoms with Gasteiger partial charge in [0.05, 0.1) is 35.6 Å². The monoisotopic (exact) mass is 654 g/mol. The van der Waals surface area contributed by atoms with Gasteiger partial charge in [0.2, 0.25) is 11.8 Å². The minimum absolute atomic E-state index is 0.00315. The number of methoxy groups -OCH3 is 2. The van der Waals surface area contributed by atoms with E-state index in [1.165, 1.54) is 26.6 Å². The van der Waals surface area contributed by atoms with E-state index in [0.29, 0.717) is 44.4 Å². The van der Waals surface area contributed by atoms with Crippen LogP contribution in [-0.2, 0) is 9.59 Å². The fraction of sp³-hybridized carbons (Fsp3) is 0.385. The smallest absolute Gasteiger partial charge is 0.240 e. The summed E-state index contributed by atoms with van der Waals surface area (Å²) in [5, 5.41) is 27.5. The zero-order chi connectivity index (χ0) is 27.9. The summed E-state index contributed by atoms with van der Waals surface area (Å²) < 4.78 is 11.1. The Hall–Kier alpha value is -3.12. The third kappa shape index (κ3) is 10.7. The minimum atomic E-state index is -0.165. The van der Waals surface area contributed by atoms with Crippen LogP contribution in [0.3, 0.4) is 0 Å². The number of hydrogen-bond donors (Lipinski definition) is 4. The van der Waals surface area contributed by atoms with Crippen LogP contribution in [0.15, 0.2) is 43.4 Å². The lowest BCUT2D eigenvalue weighted by Gasteiger charge is -2.06. The summed E-state index contributed by atoms with van der Waals surface area (Å²) in [6.45, 7) is 0. The van der Waals surface area contributed by atoms with Crippen molar-refractivity contribution >= 4 is 56.1 Å². The second-order valence-corrected chi connectivity index (χ2v) is 10.0. The zero-order valence-corrected chi connectivity index (χ0v) is 24.5. The van der Waals surface area contributed by atoms with Crippen molar-refractivity contribution < 1.29 is 29.3 Å². The van der Waals surface area contributed by atoms with Crippen molar-refractivity contribution in [1.82, 2.24) is 10.9 Å². The van der Waals surface area contributed by atoms with Crippen LogP contribution in [0, 0.1) is 0 Å². The lowest BCUT2D eigenvalue weighted by atomic mass is 10.1.